The lowest BCUT2D eigenvalue weighted by Crippen LogP contribution is -2.13. The van der Waals surface area contributed by atoms with Crippen molar-refractivity contribution in [2.24, 2.45) is 0 Å². The molecule has 6 heteroatoms. The Morgan fingerprint density at radius 3 is 2.38 bits per heavy atom. The summed E-state index contributed by atoms with van der Waals surface area (Å²) in [5.41, 5.74) is 2.46. The van der Waals surface area contributed by atoms with Crippen molar-refractivity contribution >= 4 is 56.2 Å². The van der Waals surface area contributed by atoms with Crippen molar-refractivity contribution in [3.05, 3.63) is 97.5 Å². The van der Waals surface area contributed by atoms with E-state index in [1.54, 1.807) is 18.2 Å². The van der Waals surface area contributed by atoms with Crippen LogP contribution >= 0.6 is 38.5 Å². The number of hydrogen-bond acceptors (Lipinski definition) is 3. The van der Waals surface area contributed by atoms with Gasteiger partial charge in [-0.05, 0) is 80.0 Å². The average molecular weight is 559 g/mol. The number of anilines is 1. The Morgan fingerprint density at radius 2 is 1.76 bits per heavy atom. The van der Waals surface area contributed by atoms with Gasteiger partial charge in [-0.3, -0.25) is 4.79 Å². The van der Waals surface area contributed by atoms with Gasteiger partial charge in [0.25, 0.3) is 5.91 Å². The number of amides is 1. The molecule has 0 fully saturated rings. The zero-order valence-electron chi connectivity index (χ0n) is 15.2. The number of benzene rings is 3. The van der Waals surface area contributed by atoms with Gasteiger partial charge in [0.05, 0.1) is 8.04 Å². The molecule has 3 rings (SSSR count). The van der Waals surface area contributed by atoms with Crippen molar-refractivity contribution in [2.45, 2.75) is 6.61 Å². The summed E-state index contributed by atoms with van der Waals surface area (Å²) in [6.07, 6.45) is 1.56. The largest absolute Gasteiger partial charge is 0.487 e. The van der Waals surface area contributed by atoms with E-state index in [1.807, 2.05) is 66.7 Å². The highest BCUT2D eigenvalue weighted by Crippen LogP contribution is 2.33. The summed E-state index contributed by atoms with van der Waals surface area (Å²) in [5, 5.41) is 12.1. The third kappa shape index (κ3) is 5.92. The highest BCUT2D eigenvalue weighted by Gasteiger charge is 2.12. The second-order valence-electron chi connectivity index (χ2n) is 6.08. The monoisotopic (exact) mass is 558 g/mol. The maximum absolute atomic E-state index is 12.4. The van der Waals surface area contributed by atoms with Gasteiger partial charge in [-0.25, -0.2) is 0 Å². The fourth-order valence-electron chi connectivity index (χ4n) is 2.57. The molecule has 29 heavy (non-hydrogen) atoms. The van der Waals surface area contributed by atoms with Crippen LogP contribution in [0.1, 0.15) is 11.1 Å². The molecule has 1 N–H and O–H groups in total. The number of halogens is 2. The van der Waals surface area contributed by atoms with Crippen molar-refractivity contribution < 1.29 is 9.53 Å². The minimum absolute atomic E-state index is 0.0227. The SMILES string of the molecule is N#C/C(=C/c1cc(Br)c(OCc2ccccc2)c(I)c1)C(=O)Nc1ccccc1. The Labute approximate surface area is 191 Å². The van der Waals surface area contributed by atoms with Gasteiger partial charge in [0, 0.05) is 5.69 Å². The van der Waals surface area contributed by atoms with E-state index in [1.165, 1.54) is 0 Å². The fourth-order valence-corrected chi connectivity index (χ4v) is 4.33. The summed E-state index contributed by atoms with van der Waals surface area (Å²) in [6.45, 7) is 0.452. The summed E-state index contributed by atoms with van der Waals surface area (Å²) in [4.78, 5) is 12.4. The maximum atomic E-state index is 12.4. The first kappa shape index (κ1) is 21.1. The molecular weight excluding hydrogens is 543 g/mol. The van der Waals surface area contributed by atoms with Crippen molar-refractivity contribution in [2.75, 3.05) is 5.32 Å². The van der Waals surface area contributed by atoms with Crippen molar-refractivity contribution in [1.29, 1.82) is 5.26 Å². The van der Waals surface area contributed by atoms with Gasteiger partial charge in [0.1, 0.15) is 24.0 Å². The van der Waals surface area contributed by atoms with Crippen LogP contribution in [0.15, 0.2) is 82.8 Å². The lowest BCUT2D eigenvalue weighted by Gasteiger charge is -2.12. The Balaban J connectivity index is 1.77. The van der Waals surface area contributed by atoms with Crippen LogP contribution in [0.4, 0.5) is 5.69 Å². The molecule has 3 aromatic rings. The smallest absolute Gasteiger partial charge is 0.266 e. The van der Waals surface area contributed by atoms with Crippen LogP contribution in [0.3, 0.4) is 0 Å². The van der Waals surface area contributed by atoms with E-state index in [4.69, 9.17) is 4.74 Å². The van der Waals surface area contributed by atoms with Crippen LogP contribution in [-0.4, -0.2) is 5.91 Å². The van der Waals surface area contributed by atoms with E-state index in [9.17, 15) is 10.1 Å². The second kappa shape index (κ2) is 10.2. The second-order valence-corrected chi connectivity index (χ2v) is 8.09. The molecule has 0 radical (unpaired) electrons. The van der Waals surface area contributed by atoms with Gasteiger partial charge in [0.2, 0.25) is 0 Å². The van der Waals surface area contributed by atoms with Crippen molar-refractivity contribution in [3.8, 4) is 11.8 Å². The minimum atomic E-state index is -0.450. The first-order valence-electron chi connectivity index (χ1n) is 8.71. The van der Waals surface area contributed by atoms with Gasteiger partial charge in [-0.15, -0.1) is 0 Å². The summed E-state index contributed by atoms with van der Waals surface area (Å²) in [6, 6.07) is 24.6. The lowest BCUT2D eigenvalue weighted by molar-refractivity contribution is -0.112. The number of carbonyl (C=O) groups excluding carboxylic acids is 1. The molecule has 1 amide bonds. The first-order valence-corrected chi connectivity index (χ1v) is 10.6. The fraction of sp³-hybridized carbons (Fsp3) is 0.0435. The van der Waals surface area contributed by atoms with E-state index in [2.05, 4.69) is 43.8 Å². The van der Waals surface area contributed by atoms with Crippen LogP contribution in [-0.2, 0) is 11.4 Å². The number of carbonyl (C=O) groups is 1. The van der Waals surface area contributed by atoms with Crippen LogP contribution < -0.4 is 10.1 Å². The van der Waals surface area contributed by atoms with Crippen LogP contribution in [0, 0.1) is 14.9 Å². The van der Waals surface area contributed by atoms with Gasteiger partial charge >= 0.3 is 0 Å². The number of para-hydroxylation sites is 1. The highest BCUT2D eigenvalue weighted by molar-refractivity contribution is 14.1. The molecule has 4 nitrogen and oxygen atoms in total. The number of nitrogens with zero attached hydrogens (tertiary/aromatic N) is 1. The Kier molecular flexibility index (Phi) is 7.44. The Hall–Kier alpha value is -2.63. The molecule has 0 bridgehead atoms. The predicted octanol–water partition coefficient (Wildman–Crippen LogP) is 6.18. The van der Waals surface area contributed by atoms with Gasteiger partial charge in [-0.1, -0.05) is 48.5 Å². The molecule has 0 saturated carbocycles. The quantitative estimate of drug-likeness (QED) is 0.223. The Bertz CT molecular complexity index is 1050. The van der Waals surface area contributed by atoms with Gasteiger partial charge in [0.15, 0.2) is 0 Å². The zero-order valence-corrected chi connectivity index (χ0v) is 19.0. The third-order valence-corrected chi connectivity index (χ3v) is 5.34. The molecule has 0 unspecified atom stereocenters. The van der Waals surface area contributed by atoms with Crippen molar-refractivity contribution in [1.82, 2.24) is 0 Å². The van der Waals surface area contributed by atoms with E-state index in [-0.39, 0.29) is 5.57 Å². The highest BCUT2D eigenvalue weighted by atomic mass is 127. The van der Waals surface area contributed by atoms with Crippen molar-refractivity contribution in [3.63, 3.8) is 0 Å². The number of ether oxygens (including phenoxy) is 1. The molecular formula is C23H16BrIN2O2. The molecule has 3 aromatic carbocycles. The summed E-state index contributed by atoms with van der Waals surface area (Å²) in [7, 11) is 0. The summed E-state index contributed by atoms with van der Waals surface area (Å²) >= 11 is 5.71. The van der Waals surface area contributed by atoms with Crippen LogP contribution in [0.2, 0.25) is 0 Å². The topological polar surface area (TPSA) is 62.1 Å². The van der Waals surface area contributed by atoms with Crippen LogP contribution in [0.5, 0.6) is 5.75 Å². The molecule has 144 valence electrons. The third-order valence-electron chi connectivity index (χ3n) is 3.95. The molecule has 0 spiro atoms. The molecule has 0 atom stereocenters. The molecule has 0 aromatic heterocycles. The molecule has 0 saturated heterocycles. The summed E-state index contributed by atoms with van der Waals surface area (Å²) < 4.78 is 7.58. The summed E-state index contributed by atoms with van der Waals surface area (Å²) in [5.74, 6) is 0.271. The normalized spacial score (nSPS) is 10.9. The minimum Gasteiger partial charge on any atom is -0.487 e. The number of hydrogen-bond donors (Lipinski definition) is 1. The number of nitriles is 1. The molecule has 0 heterocycles. The average Bonchev–Trinajstić information content (AvgIpc) is 2.73. The molecule has 0 aliphatic rings. The lowest BCUT2D eigenvalue weighted by atomic mass is 10.1. The first-order chi connectivity index (χ1) is 14.1. The van der Waals surface area contributed by atoms with E-state index in [0.29, 0.717) is 12.3 Å². The molecule has 0 aliphatic carbocycles. The van der Waals surface area contributed by atoms with E-state index in [0.717, 1.165) is 24.9 Å². The standard InChI is InChI=1S/C23H16BrIN2O2/c24-20-12-17(11-18(14-26)23(28)27-19-9-5-2-6-10-19)13-21(25)22(20)29-15-16-7-3-1-4-8-16/h1-13H,15H2,(H,27,28)/b18-11-. The van der Waals surface area contributed by atoms with Crippen LogP contribution in [0.25, 0.3) is 6.08 Å². The number of nitrogens with one attached hydrogen (secondary N) is 1. The maximum Gasteiger partial charge on any atom is 0.266 e. The zero-order chi connectivity index (χ0) is 20.6. The Morgan fingerprint density at radius 1 is 1.10 bits per heavy atom. The molecule has 0 aliphatic heterocycles. The number of rotatable bonds is 6. The van der Waals surface area contributed by atoms with E-state index >= 15 is 0 Å². The van der Waals surface area contributed by atoms with Gasteiger partial charge < -0.3 is 10.1 Å². The van der Waals surface area contributed by atoms with E-state index < -0.39 is 5.91 Å². The van der Waals surface area contributed by atoms with Gasteiger partial charge in [-0.2, -0.15) is 5.26 Å². The predicted molar refractivity (Wildman–Crippen MR) is 126 cm³/mol.